The monoisotopic (exact) mass is 402 g/mol. The molecule has 1 heterocycles. The Bertz CT molecular complexity index is 872. The molecule has 29 heavy (non-hydrogen) atoms. The Morgan fingerprint density at radius 1 is 1.41 bits per heavy atom. The number of nitro benzene ring substituents is 1. The van der Waals surface area contributed by atoms with Gasteiger partial charge in [-0.15, -0.1) is 0 Å². The van der Waals surface area contributed by atoms with Crippen molar-refractivity contribution in [1.29, 1.82) is 0 Å². The minimum absolute atomic E-state index is 0.0229. The van der Waals surface area contributed by atoms with E-state index in [1.807, 2.05) is 0 Å². The third-order valence-electron chi connectivity index (χ3n) is 5.11. The van der Waals surface area contributed by atoms with Gasteiger partial charge in [-0.1, -0.05) is 25.0 Å². The van der Waals surface area contributed by atoms with Crippen LogP contribution in [-0.4, -0.2) is 28.5 Å². The van der Waals surface area contributed by atoms with Gasteiger partial charge in [-0.2, -0.15) is 0 Å². The molecular formula is C20H26N4O5. The van der Waals surface area contributed by atoms with Crippen LogP contribution < -0.4 is 10.6 Å². The number of alkyl carbamates (subject to hydrolysis) is 1. The standard InChI is InChI=1S/C20H26N4O5/c1-19(2,3)29-18(26)22-17-21-16(25)15(10-12-8-9-12)20(4,23-17)13-6-5-7-14(11-13)24(27)28/h5-7,11-12,15H,8-10H2,1-4H3,(H2,21,22,23,25,26)/t15?,20-/m1/s1. The number of nitro groups is 1. The summed E-state index contributed by atoms with van der Waals surface area (Å²) in [4.78, 5) is 40.4. The highest BCUT2D eigenvalue weighted by atomic mass is 16.6. The van der Waals surface area contributed by atoms with E-state index in [9.17, 15) is 19.7 Å². The summed E-state index contributed by atoms with van der Waals surface area (Å²) in [6.07, 6.45) is 2.01. The summed E-state index contributed by atoms with van der Waals surface area (Å²) in [6, 6.07) is 6.14. The van der Waals surface area contributed by atoms with Crippen molar-refractivity contribution in [3.05, 3.63) is 39.9 Å². The predicted molar refractivity (Wildman–Crippen MR) is 106 cm³/mol. The van der Waals surface area contributed by atoms with Gasteiger partial charge in [-0.25, -0.2) is 9.79 Å². The van der Waals surface area contributed by atoms with E-state index < -0.39 is 28.1 Å². The number of aliphatic imine (C=N–C) groups is 1. The van der Waals surface area contributed by atoms with Crippen molar-refractivity contribution in [2.45, 2.75) is 58.1 Å². The fourth-order valence-corrected chi connectivity index (χ4v) is 3.48. The number of benzene rings is 1. The Morgan fingerprint density at radius 3 is 2.69 bits per heavy atom. The normalized spacial score (nSPS) is 24.3. The second-order valence-corrected chi connectivity index (χ2v) is 8.76. The molecule has 1 aromatic carbocycles. The van der Waals surface area contributed by atoms with Crippen LogP contribution in [-0.2, 0) is 15.1 Å². The molecule has 9 heteroatoms. The van der Waals surface area contributed by atoms with Crippen LogP contribution in [0.3, 0.4) is 0 Å². The summed E-state index contributed by atoms with van der Waals surface area (Å²) in [5, 5.41) is 16.4. The minimum atomic E-state index is -1.05. The first-order valence-electron chi connectivity index (χ1n) is 9.63. The Hall–Kier alpha value is -2.97. The number of non-ortho nitro benzene ring substituents is 1. The second-order valence-electron chi connectivity index (χ2n) is 8.76. The molecule has 9 nitrogen and oxygen atoms in total. The first kappa shape index (κ1) is 20.8. The zero-order valence-corrected chi connectivity index (χ0v) is 17.0. The first-order valence-corrected chi connectivity index (χ1v) is 9.63. The molecule has 2 aliphatic rings. The van der Waals surface area contributed by atoms with Crippen molar-refractivity contribution in [1.82, 2.24) is 10.6 Å². The zero-order valence-electron chi connectivity index (χ0n) is 17.0. The maximum atomic E-state index is 12.9. The molecule has 0 saturated heterocycles. The van der Waals surface area contributed by atoms with Crippen molar-refractivity contribution in [2.75, 3.05) is 0 Å². The molecule has 0 aromatic heterocycles. The van der Waals surface area contributed by atoms with Gasteiger partial charge in [-0.3, -0.25) is 25.5 Å². The molecule has 0 bridgehead atoms. The highest BCUT2D eigenvalue weighted by Gasteiger charge is 2.47. The van der Waals surface area contributed by atoms with E-state index in [0.717, 1.165) is 12.8 Å². The van der Waals surface area contributed by atoms with E-state index in [4.69, 9.17) is 4.74 Å². The number of guanidine groups is 1. The number of carbonyl (C=O) groups excluding carboxylic acids is 2. The quantitative estimate of drug-likeness (QED) is 0.591. The van der Waals surface area contributed by atoms with E-state index in [1.54, 1.807) is 39.8 Å². The van der Waals surface area contributed by atoms with Crippen molar-refractivity contribution >= 4 is 23.6 Å². The van der Waals surface area contributed by atoms with Gasteiger partial charge in [0.15, 0.2) is 0 Å². The molecule has 1 aromatic rings. The molecule has 156 valence electrons. The number of carbonyl (C=O) groups is 2. The SMILES string of the molecule is CC(C)(C)OC(=O)NC1=N[C@](C)(c2cccc([N+](=O)[O-])c2)C(CC2CC2)C(=O)N1. The summed E-state index contributed by atoms with van der Waals surface area (Å²) >= 11 is 0. The number of nitrogens with zero attached hydrogens (tertiary/aromatic N) is 2. The number of rotatable bonds is 4. The summed E-state index contributed by atoms with van der Waals surface area (Å²) in [5.74, 6) is -0.349. The van der Waals surface area contributed by atoms with Crippen LogP contribution in [0.15, 0.2) is 29.3 Å². The van der Waals surface area contributed by atoms with Crippen molar-refractivity contribution in [3.63, 3.8) is 0 Å². The lowest BCUT2D eigenvalue weighted by atomic mass is 9.75. The van der Waals surface area contributed by atoms with Crippen molar-refractivity contribution in [2.24, 2.45) is 16.8 Å². The van der Waals surface area contributed by atoms with Crippen LogP contribution in [0.4, 0.5) is 10.5 Å². The number of ether oxygens (including phenoxy) is 1. The molecule has 1 aliphatic heterocycles. The first-order chi connectivity index (χ1) is 13.5. The van der Waals surface area contributed by atoms with Crippen molar-refractivity contribution < 1.29 is 19.2 Å². The molecule has 0 spiro atoms. The largest absolute Gasteiger partial charge is 0.444 e. The summed E-state index contributed by atoms with van der Waals surface area (Å²) in [7, 11) is 0. The Kier molecular flexibility index (Phi) is 5.34. The van der Waals surface area contributed by atoms with Gasteiger partial charge in [0, 0.05) is 12.1 Å². The van der Waals surface area contributed by atoms with Gasteiger partial charge in [0.1, 0.15) is 5.60 Å². The van der Waals surface area contributed by atoms with Crippen LogP contribution in [0.2, 0.25) is 0 Å². The Balaban J connectivity index is 1.97. The molecule has 2 amide bonds. The minimum Gasteiger partial charge on any atom is -0.444 e. The average molecular weight is 402 g/mol. The summed E-state index contributed by atoms with van der Waals surface area (Å²) in [6.45, 7) is 6.96. The van der Waals surface area contributed by atoms with Crippen LogP contribution in [0, 0.1) is 22.0 Å². The fraction of sp³-hybridized carbons (Fsp3) is 0.550. The fourth-order valence-electron chi connectivity index (χ4n) is 3.48. The molecule has 1 aliphatic carbocycles. The van der Waals surface area contributed by atoms with E-state index in [-0.39, 0.29) is 17.6 Å². The van der Waals surface area contributed by atoms with Gasteiger partial charge < -0.3 is 4.74 Å². The molecule has 1 fully saturated rings. The molecular weight excluding hydrogens is 376 g/mol. The van der Waals surface area contributed by atoms with Crippen molar-refractivity contribution in [3.8, 4) is 0 Å². The van der Waals surface area contributed by atoms with Crippen LogP contribution in [0.25, 0.3) is 0 Å². The zero-order chi connectivity index (χ0) is 21.4. The van der Waals surface area contributed by atoms with Crippen LogP contribution in [0.1, 0.15) is 52.5 Å². The maximum Gasteiger partial charge on any atom is 0.414 e. The van der Waals surface area contributed by atoms with Gasteiger partial charge in [0.25, 0.3) is 5.69 Å². The number of hydrogen-bond acceptors (Lipinski definition) is 6. The lowest BCUT2D eigenvalue weighted by Gasteiger charge is -2.38. The molecule has 0 radical (unpaired) electrons. The highest BCUT2D eigenvalue weighted by molar-refractivity contribution is 6.06. The lowest BCUT2D eigenvalue weighted by molar-refractivity contribution is -0.385. The van der Waals surface area contributed by atoms with Gasteiger partial charge >= 0.3 is 6.09 Å². The number of amides is 2. The maximum absolute atomic E-state index is 12.9. The van der Waals surface area contributed by atoms with E-state index in [0.29, 0.717) is 17.9 Å². The number of hydrogen-bond donors (Lipinski definition) is 2. The van der Waals surface area contributed by atoms with Crippen LogP contribution >= 0.6 is 0 Å². The van der Waals surface area contributed by atoms with E-state index in [1.165, 1.54) is 12.1 Å². The smallest absolute Gasteiger partial charge is 0.414 e. The predicted octanol–water partition coefficient (Wildman–Crippen LogP) is 3.24. The molecule has 2 atom stereocenters. The van der Waals surface area contributed by atoms with Gasteiger partial charge in [-0.05, 0) is 45.6 Å². The molecule has 1 unspecified atom stereocenters. The molecule has 3 rings (SSSR count). The highest BCUT2D eigenvalue weighted by Crippen LogP contribution is 2.45. The Morgan fingerprint density at radius 2 is 2.10 bits per heavy atom. The second kappa shape index (κ2) is 7.46. The summed E-state index contributed by atoms with van der Waals surface area (Å²) < 4.78 is 5.23. The molecule has 2 N–H and O–H groups in total. The topological polar surface area (TPSA) is 123 Å². The summed E-state index contributed by atoms with van der Waals surface area (Å²) in [5.41, 5.74) is -1.28. The van der Waals surface area contributed by atoms with E-state index >= 15 is 0 Å². The van der Waals surface area contributed by atoms with Gasteiger partial charge in [0.05, 0.1) is 16.4 Å². The number of nitrogens with one attached hydrogen (secondary N) is 2. The van der Waals surface area contributed by atoms with Gasteiger partial charge in [0.2, 0.25) is 11.9 Å². The Labute approximate surface area is 169 Å². The average Bonchev–Trinajstić information content (AvgIpc) is 3.41. The van der Waals surface area contributed by atoms with E-state index in [2.05, 4.69) is 15.6 Å². The third-order valence-corrected chi connectivity index (χ3v) is 5.11. The lowest BCUT2D eigenvalue weighted by Crippen LogP contribution is -2.56. The molecule has 1 saturated carbocycles. The van der Waals surface area contributed by atoms with Crippen LogP contribution in [0.5, 0.6) is 0 Å². The third kappa shape index (κ3) is 4.90.